The summed E-state index contributed by atoms with van der Waals surface area (Å²) in [6.07, 6.45) is 1.74. The van der Waals surface area contributed by atoms with E-state index in [4.69, 9.17) is 0 Å². The summed E-state index contributed by atoms with van der Waals surface area (Å²) in [4.78, 5) is 22.8. The van der Waals surface area contributed by atoms with Crippen LogP contribution >= 0.6 is 0 Å². The number of urea groups is 1. The van der Waals surface area contributed by atoms with Crippen molar-refractivity contribution in [2.45, 2.75) is 38.8 Å². The van der Waals surface area contributed by atoms with E-state index in [2.05, 4.69) is 27.5 Å². The molecule has 0 aliphatic carbocycles. The first-order valence-electron chi connectivity index (χ1n) is 6.71. The van der Waals surface area contributed by atoms with Gasteiger partial charge in [0.2, 0.25) is 0 Å². The van der Waals surface area contributed by atoms with Crippen LogP contribution in [-0.4, -0.2) is 31.2 Å². The molecule has 2 N–H and O–H groups in total. The summed E-state index contributed by atoms with van der Waals surface area (Å²) in [6, 6.07) is 9.12. The fourth-order valence-electron chi connectivity index (χ4n) is 1.80. The van der Waals surface area contributed by atoms with Crippen molar-refractivity contribution in [1.82, 2.24) is 10.6 Å². The molecule has 0 spiro atoms. The second kappa shape index (κ2) is 8.19. The van der Waals surface area contributed by atoms with E-state index in [1.807, 2.05) is 25.1 Å². The molecule has 1 aromatic rings. The van der Waals surface area contributed by atoms with E-state index in [1.165, 1.54) is 12.7 Å². The van der Waals surface area contributed by atoms with Crippen LogP contribution in [0.2, 0.25) is 0 Å². The number of hydrogen-bond donors (Lipinski definition) is 2. The third-order valence-electron chi connectivity index (χ3n) is 2.99. The van der Waals surface area contributed by atoms with E-state index in [0.29, 0.717) is 0 Å². The number of rotatable bonds is 6. The van der Waals surface area contributed by atoms with Gasteiger partial charge in [0.25, 0.3) is 0 Å². The van der Waals surface area contributed by atoms with Crippen LogP contribution in [-0.2, 0) is 16.0 Å². The molecule has 20 heavy (non-hydrogen) atoms. The normalized spacial score (nSPS) is 13.2. The number of esters is 1. The van der Waals surface area contributed by atoms with E-state index in [1.54, 1.807) is 6.92 Å². The molecule has 0 heterocycles. The average Bonchev–Trinajstić information content (AvgIpc) is 2.45. The lowest BCUT2D eigenvalue weighted by molar-refractivity contribution is -0.142. The Morgan fingerprint density at radius 1 is 1.15 bits per heavy atom. The standard InChI is InChI=1S/C15H22N2O3/c1-11(9-10-13-7-5-4-6-8-13)16-15(19)17-12(2)14(18)20-3/h4-8,11-12H,9-10H2,1-3H3,(H2,16,17,19)/t11-,12+/m1/s1. The minimum Gasteiger partial charge on any atom is -0.467 e. The Bertz CT molecular complexity index is 434. The van der Waals surface area contributed by atoms with Gasteiger partial charge >= 0.3 is 12.0 Å². The van der Waals surface area contributed by atoms with Gasteiger partial charge in [0.1, 0.15) is 6.04 Å². The van der Waals surface area contributed by atoms with Crippen LogP contribution in [0.4, 0.5) is 4.79 Å². The zero-order valence-electron chi connectivity index (χ0n) is 12.2. The number of methoxy groups -OCH3 is 1. The first-order chi connectivity index (χ1) is 9.52. The Kier molecular flexibility index (Phi) is 6.56. The molecular formula is C15H22N2O3. The predicted molar refractivity (Wildman–Crippen MR) is 77.4 cm³/mol. The van der Waals surface area contributed by atoms with E-state index in [9.17, 15) is 9.59 Å². The quantitative estimate of drug-likeness (QED) is 0.781. The van der Waals surface area contributed by atoms with Crippen molar-refractivity contribution in [3.8, 4) is 0 Å². The first kappa shape index (κ1) is 16.0. The zero-order valence-corrected chi connectivity index (χ0v) is 12.2. The highest BCUT2D eigenvalue weighted by molar-refractivity contribution is 5.83. The maximum absolute atomic E-state index is 11.7. The van der Waals surface area contributed by atoms with Crippen LogP contribution in [0.25, 0.3) is 0 Å². The lowest BCUT2D eigenvalue weighted by Crippen LogP contribution is -2.47. The van der Waals surface area contributed by atoms with Gasteiger partial charge in [-0.1, -0.05) is 30.3 Å². The predicted octanol–water partition coefficient (Wildman–Crippen LogP) is 1.87. The molecule has 5 heteroatoms. The third-order valence-corrected chi connectivity index (χ3v) is 2.99. The summed E-state index contributed by atoms with van der Waals surface area (Å²) in [5, 5.41) is 5.34. The van der Waals surface area contributed by atoms with Gasteiger partial charge in [-0.05, 0) is 32.3 Å². The molecule has 1 rings (SSSR count). The molecule has 0 aromatic heterocycles. The summed E-state index contributed by atoms with van der Waals surface area (Å²) in [5.41, 5.74) is 1.24. The number of benzene rings is 1. The SMILES string of the molecule is COC(=O)[C@H](C)NC(=O)N[C@H](C)CCc1ccccc1. The molecule has 0 fully saturated rings. The second-order valence-corrected chi connectivity index (χ2v) is 4.79. The minimum absolute atomic E-state index is 0.0278. The molecule has 1 aromatic carbocycles. The number of carbonyl (C=O) groups is 2. The minimum atomic E-state index is -0.652. The number of amides is 2. The fraction of sp³-hybridized carbons (Fsp3) is 0.467. The monoisotopic (exact) mass is 278 g/mol. The van der Waals surface area contributed by atoms with E-state index in [0.717, 1.165) is 12.8 Å². The van der Waals surface area contributed by atoms with Crippen LogP contribution < -0.4 is 10.6 Å². The summed E-state index contributed by atoms with van der Waals surface area (Å²) in [5.74, 6) is -0.461. The van der Waals surface area contributed by atoms with Crippen LogP contribution in [0, 0.1) is 0 Å². The summed E-state index contributed by atoms with van der Waals surface area (Å²) in [6.45, 7) is 3.52. The zero-order chi connectivity index (χ0) is 15.0. The van der Waals surface area contributed by atoms with Crippen LogP contribution in [0.5, 0.6) is 0 Å². The van der Waals surface area contributed by atoms with Crippen LogP contribution in [0.3, 0.4) is 0 Å². The van der Waals surface area contributed by atoms with Crippen molar-refractivity contribution in [2.24, 2.45) is 0 Å². The molecular weight excluding hydrogens is 256 g/mol. The molecule has 5 nitrogen and oxygen atoms in total. The summed E-state index contributed by atoms with van der Waals surface area (Å²) in [7, 11) is 1.29. The van der Waals surface area contributed by atoms with Crippen molar-refractivity contribution in [2.75, 3.05) is 7.11 Å². The van der Waals surface area contributed by atoms with Crippen LogP contribution in [0.1, 0.15) is 25.8 Å². The third kappa shape index (κ3) is 5.73. The van der Waals surface area contributed by atoms with Gasteiger partial charge < -0.3 is 15.4 Å². The summed E-state index contributed by atoms with van der Waals surface area (Å²) < 4.78 is 4.54. The van der Waals surface area contributed by atoms with Gasteiger partial charge in [0.05, 0.1) is 7.11 Å². The molecule has 0 aliphatic rings. The van der Waals surface area contributed by atoms with Gasteiger partial charge in [-0.25, -0.2) is 9.59 Å². The Balaban J connectivity index is 2.29. The number of nitrogens with one attached hydrogen (secondary N) is 2. The molecule has 0 bridgehead atoms. The Morgan fingerprint density at radius 3 is 2.40 bits per heavy atom. The topological polar surface area (TPSA) is 67.4 Å². The molecule has 0 radical (unpaired) electrons. The molecule has 2 atom stereocenters. The summed E-state index contributed by atoms with van der Waals surface area (Å²) >= 11 is 0. The first-order valence-corrected chi connectivity index (χ1v) is 6.71. The van der Waals surface area contributed by atoms with E-state index in [-0.39, 0.29) is 12.1 Å². The lowest BCUT2D eigenvalue weighted by Gasteiger charge is -2.17. The molecule has 0 aliphatic heterocycles. The van der Waals surface area contributed by atoms with Gasteiger partial charge in [0, 0.05) is 6.04 Å². The van der Waals surface area contributed by atoms with Crippen molar-refractivity contribution in [3.63, 3.8) is 0 Å². The second-order valence-electron chi connectivity index (χ2n) is 4.79. The van der Waals surface area contributed by atoms with Crippen molar-refractivity contribution >= 4 is 12.0 Å². The van der Waals surface area contributed by atoms with E-state index >= 15 is 0 Å². The van der Waals surface area contributed by atoms with Crippen molar-refractivity contribution in [3.05, 3.63) is 35.9 Å². The van der Waals surface area contributed by atoms with Gasteiger partial charge in [-0.2, -0.15) is 0 Å². The number of aryl methyl sites for hydroxylation is 1. The molecule has 0 saturated heterocycles. The lowest BCUT2D eigenvalue weighted by atomic mass is 10.1. The van der Waals surface area contributed by atoms with Gasteiger partial charge in [-0.15, -0.1) is 0 Å². The molecule has 0 unspecified atom stereocenters. The largest absolute Gasteiger partial charge is 0.467 e. The smallest absolute Gasteiger partial charge is 0.328 e. The van der Waals surface area contributed by atoms with Gasteiger partial charge in [0.15, 0.2) is 0 Å². The number of ether oxygens (including phenoxy) is 1. The fourth-order valence-corrected chi connectivity index (χ4v) is 1.80. The molecule has 0 saturated carbocycles. The number of carbonyl (C=O) groups excluding carboxylic acids is 2. The Labute approximate surface area is 119 Å². The molecule has 110 valence electrons. The van der Waals surface area contributed by atoms with Crippen molar-refractivity contribution in [1.29, 1.82) is 0 Å². The average molecular weight is 278 g/mol. The highest BCUT2D eigenvalue weighted by atomic mass is 16.5. The maximum Gasteiger partial charge on any atom is 0.328 e. The van der Waals surface area contributed by atoms with Crippen molar-refractivity contribution < 1.29 is 14.3 Å². The maximum atomic E-state index is 11.7. The van der Waals surface area contributed by atoms with Crippen LogP contribution in [0.15, 0.2) is 30.3 Å². The van der Waals surface area contributed by atoms with Gasteiger partial charge in [-0.3, -0.25) is 0 Å². The number of hydrogen-bond acceptors (Lipinski definition) is 3. The Morgan fingerprint density at radius 2 is 1.80 bits per heavy atom. The molecule has 2 amide bonds. The Hall–Kier alpha value is -2.04. The highest BCUT2D eigenvalue weighted by Gasteiger charge is 2.16. The highest BCUT2D eigenvalue weighted by Crippen LogP contribution is 2.04. The van der Waals surface area contributed by atoms with E-state index < -0.39 is 12.0 Å².